The maximum Gasteiger partial charge on any atom is 0.326 e. The van der Waals surface area contributed by atoms with E-state index in [-0.39, 0.29) is 88.8 Å². The number of aliphatic hydroxyl groups is 1. The van der Waals surface area contributed by atoms with E-state index in [0.717, 1.165) is 5.56 Å². The van der Waals surface area contributed by atoms with Gasteiger partial charge in [0.15, 0.2) is 5.96 Å². The Morgan fingerprint density at radius 2 is 1.70 bits per heavy atom. The molecule has 1 aliphatic rings. The number of likely N-dealkylation sites (tertiary alicyclic amines) is 1. The smallest absolute Gasteiger partial charge is 0.326 e. The number of benzene rings is 2. The molecule has 2 aromatic carbocycles. The Hall–Kier alpha value is -6.68. The van der Waals surface area contributed by atoms with Gasteiger partial charge in [-0.15, -0.1) is 0 Å². The number of carboxylic acids is 1. The van der Waals surface area contributed by atoms with Crippen LogP contribution in [0.25, 0.3) is 21.8 Å². The Balaban J connectivity index is 1.44. The molecule has 0 bridgehead atoms. The van der Waals surface area contributed by atoms with Gasteiger partial charge in [0.05, 0.1) is 34.3 Å². The van der Waals surface area contributed by atoms with Crippen molar-refractivity contribution < 1.29 is 43.9 Å². The minimum atomic E-state index is -1.49. The quantitative estimate of drug-likeness (QED) is 0.0141. The fourth-order valence-electron chi connectivity index (χ4n) is 7.39. The number of aromatic nitrogens is 1. The minimum Gasteiger partial charge on any atom is -0.480 e. The molecule has 13 N–H and O–H groups in total. The highest BCUT2D eigenvalue weighted by molar-refractivity contribution is 6.12. The highest BCUT2D eigenvalue weighted by Gasteiger charge is 2.39. The van der Waals surface area contributed by atoms with Gasteiger partial charge in [-0.25, -0.2) is 9.78 Å². The van der Waals surface area contributed by atoms with Gasteiger partial charge in [-0.1, -0.05) is 24.3 Å². The van der Waals surface area contributed by atoms with Crippen LogP contribution >= 0.6 is 0 Å². The number of guanidine groups is 1. The van der Waals surface area contributed by atoms with E-state index in [1.165, 1.54) is 17.9 Å². The predicted molar refractivity (Wildman–Crippen MR) is 234 cm³/mol. The Morgan fingerprint density at radius 1 is 0.968 bits per heavy atom. The summed E-state index contributed by atoms with van der Waals surface area (Å²) in [5.74, 6) is -4.58. The lowest BCUT2D eigenvalue weighted by Gasteiger charge is -2.31. The minimum absolute atomic E-state index is 0.0183. The number of aliphatic carboxylic acids is 1. The zero-order chi connectivity index (χ0) is 46.2. The summed E-state index contributed by atoms with van der Waals surface area (Å²) >= 11 is 0. The maximum absolute atomic E-state index is 14.1. The first kappa shape index (κ1) is 49.0. The molecule has 1 saturated heterocycles. The third kappa shape index (κ3) is 13.7. The fourth-order valence-corrected chi connectivity index (χ4v) is 7.39. The zero-order valence-electron chi connectivity index (χ0n) is 35.4. The summed E-state index contributed by atoms with van der Waals surface area (Å²) in [5, 5.41) is 47.0. The van der Waals surface area contributed by atoms with E-state index in [4.69, 9.17) is 17.2 Å². The number of aryl methyl sites for hydroxylation is 1. The number of aliphatic imine (C=N–C) groups is 1. The van der Waals surface area contributed by atoms with Crippen molar-refractivity contribution in [3.63, 3.8) is 0 Å². The first-order valence-corrected chi connectivity index (χ1v) is 20.9. The van der Waals surface area contributed by atoms with Gasteiger partial charge in [-0.3, -0.25) is 39.1 Å². The maximum atomic E-state index is 14.1. The summed E-state index contributed by atoms with van der Waals surface area (Å²) in [6, 6.07) is 5.21. The van der Waals surface area contributed by atoms with E-state index in [2.05, 4.69) is 36.6 Å². The lowest BCUT2D eigenvalue weighted by Crippen LogP contribution is -2.59. The summed E-state index contributed by atoms with van der Waals surface area (Å²) in [5.41, 5.74) is 18.2. The van der Waals surface area contributed by atoms with Crippen LogP contribution in [0.5, 0.6) is 0 Å². The third-order valence-corrected chi connectivity index (χ3v) is 10.6. The fraction of sp³-hybridized carbons (Fsp3) is 0.512. The van der Waals surface area contributed by atoms with Crippen LogP contribution in [0.2, 0.25) is 0 Å². The lowest BCUT2D eigenvalue weighted by atomic mass is 10.0. The topological polar surface area (TPSA) is 353 Å². The number of non-ortho nitro benzene ring substituents is 1. The summed E-state index contributed by atoms with van der Waals surface area (Å²) in [6.07, 6.45) is 0.410. The van der Waals surface area contributed by atoms with Crippen molar-refractivity contribution in [2.45, 2.75) is 102 Å². The molecule has 342 valence electrons. The number of anilines is 1. The zero-order valence-corrected chi connectivity index (χ0v) is 35.4. The molecule has 3 aromatic rings. The molecular formula is C41H58N12O10. The van der Waals surface area contributed by atoms with Gasteiger partial charge in [0, 0.05) is 44.1 Å². The number of fused-ring (bicyclic) bond motifs is 2. The van der Waals surface area contributed by atoms with Gasteiger partial charge in [0.1, 0.15) is 29.6 Å². The Labute approximate surface area is 363 Å². The van der Waals surface area contributed by atoms with E-state index in [1.54, 1.807) is 24.3 Å². The molecule has 0 aliphatic carbocycles. The standard InChI is InChI=1S/C41H58N12O10/c1-23-16-17-29(53(62)63)33-34(23)48-26-11-4-3-10-25(26)36(33)46-19-8-15-31(55)51-35(24(2)54)38(58)49-27(12-5-6-18-45-32(56)22-42)39(59)52-21-9-14-30(52)37(57)50-28(40(60)61)13-7-20-47-41(43)44/h3-4,10-11,16-17,24,27-28,30,35,54H,5-9,12-15,18-22,42H2,1-2H3,(H,45,56)(H,46,48)(H,49,58)(H,50,57)(H,51,55)(H,60,61)(H4,43,44,47)/t24-,27+,28+,30+,35+/m1/s1. The van der Waals surface area contributed by atoms with Crippen LogP contribution < -0.4 is 43.8 Å². The molecule has 0 saturated carbocycles. The van der Waals surface area contributed by atoms with Gasteiger partial charge >= 0.3 is 5.97 Å². The van der Waals surface area contributed by atoms with E-state index in [0.29, 0.717) is 46.8 Å². The number of carbonyl (C=O) groups excluding carboxylic acids is 5. The molecule has 63 heavy (non-hydrogen) atoms. The highest BCUT2D eigenvalue weighted by atomic mass is 16.6. The number of pyridine rings is 1. The Morgan fingerprint density at radius 3 is 2.38 bits per heavy atom. The summed E-state index contributed by atoms with van der Waals surface area (Å²) in [6.45, 7) is 3.63. The molecule has 0 unspecified atom stereocenters. The number of nitrogens with one attached hydrogen (secondary N) is 5. The number of hydrogen-bond donors (Lipinski definition) is 10. The number of nitro groups is 1. The molecule has 2 heterocycles. The second-order valence-corrected chi connectivity index (χ2v) is 15.4. The number of carbonyl (C=O) groups is 6. The lowest BCUT2D eigenvalue weighted by molar-refractivity contribution is -0.383. The molecule has 22 heteroatoms. The van der Waals surface area contributed by atoms with E-state index in [1.807, 2.05) is 13.0 Å². The normalized spacial score (nSPS) is 15.4. The molecule has 0 radical (unpaired) electrons. The number of rotatable bonds is 24. The largest absolute Gasteiger partial charge is 0.480 e. The van der Waals surface area contributed by atoms with Crippen LogP contribution in [0, 0.1) is 17.0 Å². The van der Waals surface area contributed by atoms with Gasteiger partial charge < -0.3 is 58.9 Å². The highest BCUT2D eigenvalue weighted by Crippen LogP contribution is 2.38. The molecule has 5 atom stereocenters. The number of para-hydroxylation sites is 1. The van der Waals surface area contributed by atoms with Gasteiger partial charge in [0.2, 0.25) is 29.5 Å². The Kier molecular flexibility index (Phi) is 18.3. The van der Waals surface area contributed by atoms with Gasteiger partial charge in [-0.05, 0) is 76.8 Å². The molecular weight excluding hydrogens is 821 g/mol. The second-order valence-electron chi connectivity index (χ2n) is 15.4. The molecule has 1 aromatic heterocycles. The van der Waals surface area contributed by atoms with Crippen molar-refractivity contribution in [2.24, 2.45) is 22.2 Å². The summed E-state index contributed by atoms with van der Waals surface area (Å²) in [7, 11) is 0. The number of nitrogens with zero attached hydrogens (tertiary/aromatic N) is 4. The van der Waals surface area contributed by atoms with Crippen molar-refractivity contribution in [2.75, 3.05) is 38.0 Å². The number of nitrogens with two attached hydrogens (primary N) is 3. The number of unbranched alkanes of at least 4 members (excludes halogenated alkanes) is 1. The number of carboxylic acid groups (broad SMARTS) is 1. The molecule has 1 fully saturated rings. The van der Waals surface area contributed by atoms with Gasteiger partial charge in [-0.2, -0.15) is 0 Å². The molecule has 5 amide bonds. The van der Waals surface area contributed by atoms with Crippen molar-refractivity contribution in [1.82, 2.24) is 31.2 Å². The van der Waals surface area contributed by atoms with Crippen LogP contribution in [0.4, 0.5) is 11.4 Å². The first-order valence-electron chi connectivity index (χ1n) is 20.9. The number of aliphatic hydroxyl groups excluding tert-OH is 1. The van der Waals surface area contributed by atoms with Crippen molar-refractivity contribution >= 4 is 74.6 Å². The molecule has 22 nitrogen and oxygen atoms in total. The van der Waals surface area contributed by atoms with Crippen LogP contribution in [0.1, 0.15) is 70.3 Å². The van der Waals surface area contributed by atoms with E-state index >= 15 is 0 Å². The molecule has 0 spiro atoms. The van der Waals surface area contributed by atoms with Crippen molar-refractivity contribution in [3.05, 3.63) is 52.1 Å². The van der Waals surface area contributed by atoms with Crippen LogP contribution in [0.3, 0.4) is 0 Å². The summed E-state index contributed by atoms with van der Waals surface area (Å²) < 4.78 is 0. The second kappa shape index (κ2) is 23.5. The molecule has 1 aliphatic heterocycles. The number of amides is 5. The van der Waals surface area contributed by atoms with E-state index < -0.39 is 64.8 Å². The average Bonchev–Trinajstić information content (AvgIpc) is 3.74. The predicted octanol–water partition coefficient (Wildman–Crippen LogP) is 0.00632. The monoisotopic (exact) mass is 878 g/mol. The first-order chi connectivity index (χ1) is 30.0. The summed E-state index contributed by atoms with van der Waals surface area (Å²) in [4.78, 5) is 99.6. The van der Waals surface area contributed by atoms with Crippen molar-refractivity contribution in [1.29, 1.82) is 0 Å². The van der Waals surface area contributed by atoms with Crippen LogP contribution in [-0.2, 0) is 28.8 Å². The van der Waals surface area contributed by atoms with Crippen LogP contribution in [0.15, 0.2) is 41.4 Å². The average molecular weight is 879 g/mol. The van der Waals surface area contributed by atoms with E-state index in [9.17, 15) is 49.1 Å². The number of hydrogen-bond acceptors (Lipinski definition) is 13. The van der Waals surface area contributed by atoms with Crippen molar-refractivity contribution in [3.8, 4) is 0 Å². The number of nitro benzene ring substituents is 1. The Bertz CT molecular complexity index is 2180. The third-order valence-electron chi connectivity index (χ3n) is 10.6. The molecule has 4 rings (SSSR count). The van der Waals surface area contributed by atoms with Gasteiger partial charge in [0.25, 0.3) is 5.69 Å². The SMILES string of the molecule is Cc1ccc([N+](=O)[O-])c2c(NCCCC(=O)N[C@H](C(=O)N[C@@H](CCCCNC(=O)CN)C(=O)N3CCC[C@H]3C(=O)N[C@@H](CCCN=C(N)N)C(=O)O)[C@@H](C)O)c3ccccc3nc12. The van der Waals surface area contributed by atoms with Crippen LogP contribution in [-0.4, -0.2) is 129 Å².